The summed E-state index contributed by atoms with van der Waals surface area (Å²) in [4.78, 5) is 35.0. The van der Waals surface area contributed by atoms with Crippen molar-refractivity contribution in [1.29, 1.82) is 0 Å². The molecule has 2 aliphatic rings. The molecule has 2 saturated carbocycles. The summed E-state index contributed by atoms with van der Waals surface area (Å²) in [7, 11) is 0. The second-order valence-corrected chi connectivity index (χ2v) is 11.7. The summed E-state index contributed by atoms with van der Waals surface area (Å²) in [6, 6.07) is 22.2. The number of nitrogens with one attached hydrogen (secondary N) is 1. The van der Waals surface area contributed by atoms with Gasteiger partial charge in [-0.2, -0.15) is 0 Å². The highest BCUT2D eigenvalue weighted by molar-refractivity contribution is 5.89. The van der Waals surface area contributed by atoms with Gasteiger partial charge in [0.15, 0.2) is 0 Å². The number of nitrogen functional groups attached to an aromatic ring is 1. The van der Waals surface area contributed by atoms with Crippen LogP contribution in [0.3, 0.4) is 0 Å². The van der Waals surface area contributed by atoms with Crippen molar-refractivity contribution in [3.8, 4) is 22.3 Å². The highest BCUT2D eigenvalue weighted by atomic mass is 16.4. The molecule has 2 heterocycles. The van der Waals surface area contributed by atoms with Crippen molar-refractivity contribution in [1.82, 2.24) is 0 Å². The smallest absolute Gasteiger partial charge is 0.336 e. The number of hydrogen-bond donors (Lipinski definition) is 2. The summed E-state index contributed by atoms with van der Waals surface area (Å²) in [6.07, 6.45) is 11.8. The molecule has 3 N–H and O–H groups in total. The van der Waals surface area contributed by atoms with E-state index in [1.54, 1.807) is 6.07 Å². The molecule has 0 radical (unpaired) electrons. The minimum absolute atomic E-state index is 0.113. The Morgan fingerprint density at radius 2 is 1.14 bits per heavy atom. The molecular weight excluding hydrogens is 540 g/mol. The number of carbonyl (C=O) groups is 1. The molecular formula is C36H40N2O5. The first kappa shape index (κ1) is 30.1. The second-order valence-electron chi connectivity index (χ2n) is 11.7. The van der Waals surface area contributed by atoms with Gasteiger partial charge < -0.3 is 19.9 Å². The SMILES string of the molecule is CC(=O)Nc1cccc(-c2cc(C3CCCCC3)oc(=O)c2)c1.Nc1cccc(-c2cc(C3CCCCC3)oc(=O)c2)c1. The van der Waals surface area contributed by atoms with Crippen molar-refractivity contribution < 1.29 is 13.6 Å². The van der Waals surface area contributed by atoms with E-state index in [1.807, 2.05) is 60.7 Å². The van der Waals surface area contributed by atoms with E-state index in [4.69, 9.17) is 14.6 Å². The van der Waals surface area contributed by atoms with Crippen LogP contribution in [0.2, 0.25) is 0 Å². The van der Waals surface area contributed by atoms with Gasteiger partial charge in [-0.25, -0.2) is 9.59 Å². The molecule has 2 aromatic heterocycles. The molecule has 1 amide bonds. The van der Waals surface area contributed by atoms with E-state index in [9.17, 15) is 14.4 Å². The number of rotatable bonds is 5. The Hall–Kier alpha value is -4.39. The highest BCUT2D eigenvalue weighted by Gasteiger charge is 2.20. The summed E-state index contributed by atoms with van der Waals surface area (Å²) in [5, 5.41) is 2.77. The predicted octanol–water partition coefficient (Wildman–Crippen LogP) is 8.25. The lowest BCUT2D eigenvalue weighted by molar-refractivity contribution is -0.114. The molecule has 7 heteroatoms. The number of carbonyl (C=O) groups excluding carboxylic acids is 1. The fraction of sp³-hybridized carbons (Fsp3) is 0.361. The first-order valence-corrected chi connectivity index (χ1v) is 15.4. The molecule has 224 valence electrons. The van der Waals surface area contributed by atoms with Crippen LogP contribution in [0, 0.1) is 0 Å². The van der Waals surface area contributed by atoms with Gasteiger partial charge in [-0.15, -0.1) is 0 Å². The van der Waals surface area contributed by atoms with E-state index in [1.165, 1.54) is 51.5 Å². The van der Waals surface area contributed by atoms with Gasteiger partial charge in [0.2, 0.25) is 5.91 Å². The Morgan fingerprint density at radius 1 is 0.651 bits per heavy atom. The quantitative estimate of drug-likeness (QED) is 0.230. The summed E-state index contributed by atoms with van der Waals surface area (Å²) in [5.74, 6) is 2.23. The van der Waals surface area contributed by atoms with Gasteiger partial charge in [-0.1, -0.05) is 62.8 Å². The van der Waals surface area contributed by atoms with E-state index in [0.29, 0.717) is 17.5 Å². The third kappa shape index (κ3) is 8.34. The Kier molecular flexibility index (Phi) is 9.92. The van der Waals surface area contributed by atoms with Crippen molar-refractivity contribution in [3.63, 3.8) is 0 Å². The van der Waals surface area contributed by atoms with Crippen LogP contribution in [0.5, 0.6) is 0 Å². The standard InChI is InChI=1S/C19H21NO3.C17H19NO2/c1-13(21)20-17-9-5-8-15(10-17)16-11-18(23-19(22)12-16)14-6-3-2-4-7-14;18-15-8-4-7-13(9-15)14-10-16(20-17(19)11-14)12-5-2-1-3-6-12/h5,8-12,14H,2-4,6-7H2,1H3,(H,20,21);4,7-12H,1-3,5-6,18H2. The third-order valence-corrected chi connectivity index (χ3v) is 8.33. The van der Waals surface area contributed by atoms with Gasteiger partial charge >= 0.3 is 11.3 Å². The molecule has 2 aliphatic carbocycles. The van der Waals surface area contributed by atoms with Crippen LogP contribution in [0.4, 0.5) is 11.4 Å². The molecule has 6 rings (SSSR count). The number of nitrogens with two attached hydrogens (primary N) is 1. The molecule has 0 aliphatic heterocycles. The maximum atomic E-state index is 12.0. The molecule has 4 aromatic rings. The third-order valence-electron chi connectivity index (χ3n) is 8.33. The Labute approximate surface area is 252 Å². The topological polar surface area (TPSA) is 116 Å². The average Bonchev–Trinajstić information content (AvgIpc) is 3.01. The zero-order valence-electron chi connectivity index (χ0n) is 24.8. The maximum absolute atomic E-state index is 12.0. The zero-order chi connectivity index (χ0) is 30.2. The van der Waals surface area contributed by atoms with E-state index in [-0.39, 0.29) is 17.2 Å². The molecule has 0 unspecified atom stereocenters. The normalized spacial score (nSPS) is 15.7. The first-order valence-electron chi connectivity index (χ1n) is 15.4. The second kappa shape index (κ2) is 14.2. The monoisotopic (exact) mass is 580 g/mol. The van der Waals surface area contributed by atoms with Gasteiger partial charge in [-0.3, -0.25) is 4.79 Å². The van der Waals surface area contributed by atoms with Crippen molar-refractivity contribution >= 4 is 17.3 Å². The molecule has 2 fully saturated rings. The van der Waals surface area contributed by atoms with Gasteiger partial charge in [0.25, 0.3) is 0 Å². The van der Waals surface area contributed by atoms with Crippen molar-refractivity contribution in [2.24, 2.45) is 0 Å². The molecule has 0 bridgehead atoms. The minimum atomic E-state index is -0.312. The summed E-state index contributed by atoms with van der Waals surface area (Å²) >= 11 is 0. The molecule has 7 nitrogen and oxygen atoms in total. The van der Waals surface area contributed by atoms with E-state index < -0.39 is 0 Å². The fourth-order valence-electron chi connectivity index (χ4n) is 6.20. The Morgan fingerprint density at radius 3 is 1.63 bits per heavy atom. The maximum Gasteiger partial charge on any atom is 0.336 e. The largest absolute Gasteiger partial charge is 0.428 e. The number of anilines is 2. The van der Waals surface area contributed by atoms with E-state index >= 15 is 0 Å². The summed E-state index contributed by atoms with van der Waals surface area (Å²) in [6.45, 7) is 1.48. The van der Waals surface area contributed by atoms with E-state index in [2.05, 4.69) is 5.32 Å². The predicted molar refractivity (Wildman–Crippen MR) is 171 cm³/mol. The highest BCUT2D eigenvalue weighted by Crippen LogP contribution is 2.35. The lowest BCUT2D eigenvalue weighted by Gasteiger charge is -2.20. The van der Waals surface area contributed by atoms with Crippen LogP contribution < -0.4 is 22.3 Å². The molecule has 0 saturated heterocycles. The lowest BCUT2D eigenvalue weighted by Crippen LogP contribution is -2.09. The lowest BCUT2D eigenvalue weighted by atomic mass is 9.87. The number of amides is 1. The van der Waals surface area contributed by atoms with Crippen LogP contribution in [0.15, 0.2) is 91.2 Å². The number of benzene rings is 2. The fourth-order valence-corrected chi connectivity index (χ4v) is 6.20. The van der Waals surface area contributed by atoms with Crippen molar-refractivity contribution in [3.05, 3.63) is 105 Å². The molecule has 0 spiro atoms. The summed E-state index contributed by atoms with van der Waals surface area (Å²) in [5.41, 5.74) is 10.3. The molecule has 43 heavy (non-hydrogen) atoms. The zero-order valence-corrected chi connectivity index (χ0v) is 24.8. The van der Waals surface area contributed by atoms with E-state index in [0.717, 1.165) is 65.1 Å². The Bertz CT molecular complexity index is 1660. The van der Waals surface area contributed by atoms with Crippen molar-refractivity contribution in [2.75, 3.05) is 11.1 Å². The number of hydrogen-bond acceptors (Lipinski definition) is 6. The van der Waals surface area contributed by atoms with Crippen LogP contribution >= 0.6 is 0 Å². The van der Waals surface area contributed by atoms with Gasteiger partial charge in [0.05, 0.1) is 0 Å². The van der Waals surface area contributed by atoms with Gasteiger partial charge in [-0.05, 0) is 84.3 Å². The Balaban J connectivity index is 0.000000173. The van der Waals surface area contributed by atoms with Gasteiger partial charge in [0.1, 0.15) is 11.5 Å². The first-order chi connectivity index (χ1) is 20.8. The van der Waals surface area contributed by atoms with Crippen LogP contribution in [0.25, 0.3) is 22.3 Å². The minimum Gasteiger partial charge on any atom is -0.428 e. The van der Waals surface area contributed by atoms with Crippen LogP contribution in [-0.4, -0.2) is 5.91 Å². The van der Waals surface area contributed by atoms with Crippen molar-refractivity contribution in [2.45, 2.75) is 83.0 Å². The van der Waals surface area contributed by atoms with Gasteiger partial charge in [0, 0.05) is 42.3 Å². The van der Waals surface area contributed by atoms with Crippen LogP contribution in [-0.2, 0) is 4.79 Å². The average molecular weight is 581 g/mol. The molecule has 2 aromatic carbocycles. The van der Waals surface area contributed by atoms with Crippen LogP contribution in [0.1, 0.15) is 94.5 Å². The summed E-state index contributed by atoms with van der Waals surface area (Å²) < 4.78 is 10.9. The molecule has 0 atom stereocenters.